The zero-order valence-corrected chi connectivity index (χ0v) is 11.0. The van der Waals surface area contributed by atoms with Crippen LogP contribution in [-0.2, 0) is 14.3 Å². The Balaban J connectivity index is 2.25. The van der Waals surface area contributed by atoms with E-state index in [0.29, 0.717) is 5.57 Å². The van der Waals surface area contributed by atoms with E-state index in [1.165, 1.54) is 0 Å². The molecule has 2 rings (SSSR count). The lowest BCUT2D eigenvalue weighted by Gasteiger charge is -2.33. The summed E-state index contributed by atoms with van der Waals surface area (Å²) in [6.07, 6.45) is -0.215. The highest BCUT2D eigenvalue weighted by atomic mass is 16.7. The Hall–Kier alpha value is -1.44. The van der Waals surface area contributed by atoms with Crippen LogP contribution in [0.3, 0.4) is 0 Å². The molecule has 0 aromatic heterocycles. The van der Waals surface area contributed by atoms with Gasteiger partial charge in [-0.25, -0.2) is 0 Å². The van der Waals surface area contributed by atoms with Crippen LogP contribution >= 0.6 is 0 Å². The molecule has 0 aromatic rings. The fraction of sp³-hybridized carbons (Fsp3) is 0.692. The van der Waals surface area contributed by atoms with Crippen molar-refractivity contribution in [3.63, 3.8) is 0 Å². The van der Waals surface area contributed by atoms with Crippen LogP contribution in [0, 0.1) is 23.7 Å². The first-order valence-corrected chi connectivity index (χ1v) is 6.46. The van der Waals surface area contributed by atoms with Crippen LogP contribution in [-0.4, -0.2) is 44.9 Å². The van der Waals surface area contributed by atoms with Crippen molar-refractivity contribution >= 4 is 11.9 Å². The second kappa shape index (κ2) is 5.51. The molecule has 112 valence electrons. The number of aliphatic hydroxyl groups is 2. The number of hydrogen-bond acceptors (Lipinski definition) is 5. The molecule has 7 heteroatoms. The quantitative estimate of drug-likeness (QED) is 0.539. The largest absolute Gasteiger partial charge is 0.481 e. The lowest BCUT2D eigenvalue weighted by molar-refractivity contribution is -0.172. The van der Waals surface area contributed by atoms with Gasteiger partial charge in [-0.1, -0.05) is 11.6 Å². The van der Waals surface area contributed by atoms with Crippen molar-refractivity contribution in [3.05, 3.63) is 11.6 Å². The van der Waals surface area contributed by atoms with E-state index in [1.54, 1.807) is 13.0 Å². The molecule has 0 amide bonds. The monoisotopic (exact) mass is 286 g/mol. The van der Waals surface area contributed by atoms with Gasteiger partial charge >= 0.3 is 11.9 Å². The van der Waals surface area contributed by atoms with Crippen LogP contribution in [0.25, 0.3) is 0 Å². The highest BCUT2D eigenvalue weighted by molar-refractivity contribution is 5.82. The predicted octanol–water partition coefficient (Wildman–Crippen LogP) is 0.0275. The van der Waals surface area contributed by atoms with E-state index in [0.717, 1.165) is 0 Å². The van der Waals surface area contributed by atoms with Gasteiger partial charge < -0.3 is 25.2 Å². The third-order valence-electron chi connectivity index (χ3n) is 4.17. The molecular formula is C13H18O7. The van der Waals surface area contributed by atoms with E-state index in [4.69, 9.17) is 9.84 Å². The number of rotatable bonds is 3. The summed E-state index contributed by atoms with van der Waals surface area (Å²) in [7, 11) is 0. The van der Waals surface area contributed by atoms with Crippen molar-refractivity contribution < 1.29 is 34.8 Å². The highest BCUT2D eigenvalue weighted by Crippen LogP contribution is 2.41. The van der Waals surface area contributed by atoms with Gasteiger partial charge in [0, 0.05) is 12.3 Å². The van der Waals surface area contributed by atoms with E-state index in [9.17, 15) is 24.9 Å². The molecule has 6 unspecified atom stereocenters. The first-order valence-electron chi connectivity index (χ1n) is 6.46. The number of carboxylic acids is 2. The molecule has 6 atom stereocenters. The molecule has 1 heterocycles. The summed E-state index contributed by atoms with van der Waals surface area (Å²) < 4.78 is 4.85. The van der Waals surface area contributed by atoms with Gasteiger partial charge in [0.2, 0.25) is 0 Å². The number of aliphatic hydroxyl groups excluding tert-OH is 2. The number of carbonyl (C=O) groups is 2. The van der Waals surface area contributed by atoms with Crippen LogP contribution in [0.5, 0.6) is 0 Å². The summed E-state index contributed by atoms with van der Waals surface area (Å²) in [4.78, 5) is 22.5. The summed E-state index contributed by atoms with van der Waals surface area (Å²) in [6, 6.07) is 0. The lowest BCUT2D eigenvalue weighted by atomic mass is 9.70. The van der Waals surface area contributed by atoms with Crippen LogP contribution in [0.4, 0.5) is 0 Å². The molecule has 20 heavy (non-hydrogen) atoms. The van der Waals surface area contributed by atoms with Gasteiger partial charge in [-0.2, -0.15) is 0 Å². The summed E-state index contributed by atoms with van der Waals surface area (Å²) >= 11 is 0. The van der Waals surface area contributed by atoms with Gasteiger partial charge in [0.05, 0.1) is 11.8 Å². The van der Waals surface area contributed by atoms with E-state index in [2.05, 4.69) is 0 Å². The van der Waals surface area contributed by atoms with Gasteiger partial charge in [0.15, 0.2) is 12.6 Å². The topological polar surface area (TPSA) is 124 Å². The van der Waals surface area contributed by atoms with Gasteiger partial charge in [-0.3, -0.25) is 9.59 Å². The number of allylic oxidation sites excluding steroid dienone is 1. The van der Waals surface area contributed by atoms with Crippen LogP contribution in [0.2, 0.25) is 0 Å². The molecule has 0 spiro atoms. The Bertz CT molecular complexity index is 444. The Morgan fingerprint density at radius 2 is 1.85 bits per heavy atom. The zero-order valence-electron chi connectivity index (χ0n) is 11.0. The van der Waals surface area contributed by atoms with Gasteiger partial charge in [-0.15, -0.1) is 0 Å². The van der Waals surface area contributed by atoms with Gasteiger partial charge in [-0.05, 0) is 19.3 Å². The van der Waals surface area contributed by atoms with Crippen molar-refractivity contribution in [3.8, 4) is 0 Å². The maximum Gasteiger partial charge on any atom is 0.311 e. The first kappa shape index (κ1) is 15.0. The third kappa shape index (κ3) is 2.70. The second-order valence-electron chi connectivity index (χ2n) is 5.45. The summed E-state index contributed by atoms with van der Waals surface area (Å²) in [6.45, 7) is 1.58. The Kier molecular flexibility index (Phi) is 4.12. The van der Waals surface area contributed by atoms with Crippen LogP contribution in [0.15, 0.2) is 11.6 Å². The minimum atomic E-state index is -1.16. The Morgan fingerprint density at radius 1 is 1.20 bits per heavy atom. The molecule has 7 nitrogen and oxygen atoms in total. The maximum absolute atomic E-state index is 11.3. The fourth-order valence-corrected chi connectivity index (χ4v) is 3.22. The summed E-state index contributed by atoms with van der Waals surface area (Å²) in [5.74, 6) is -5.15. The average Bonchev–Trinajstić information content (AvgIpc) is 2.66. The standard InChI is InChI=1S/C13H18O7/c1-5-2-6(7-4-9(14)20-13(7)19)3-8(11(15)16)10(5)12(17)18/h2,6-10,13-14,19H,3-4H2,1H3,(H,15,16)(H,17,18). The summed E-state index contributed by atoms with van der Waals surface area (Å²) in [5.41, 5.74) is 0.467. The number of hydrogen-bond donors (Lipinski definition) is 4. The van der Waals surface area contributed by atoms with Gasteiger partial charge in [0.25, 0.3) is 0 Å². The molecule has 1 fully saturated rings. The fourth-order valence-electron chi connectivity index (χ4n) is 3.22. The molecule has 4 N–H and O–H groups in total. The Labute approximate surface area is 115 Å². The van der Waals surface area contributed by atoms with Crippen molar-refractivity contribution in [2.45, 2.75) is 32.3 Å². The normalized spacial score (nSPS) is 41.2. The predicted molar refractivity (Wildman–Crippen MR) is 65.3 cm³/mol. The molecular weight excluding hydrogens is 268 g/mol. The van der Waals surface area contributed by atoms with Crippen LogP contribution < -0.4 is 0 Å². The molecule has 0 bridgehead atoms. The van der Waals surface area contributed by atoms with Gasteiger partial charge in [0.1, 0.15) is 0 Å². The minimum absolute atomic E-state index is 0.113. The number of ether oxygens (including phenoxy) is 1. The Morgan fingerprint density at radius 3 is 2.30 bits per heavy atom. The van der Waals surface area contributed by atoms with E-state index in [-0.39, 0.29) is 18.8 Å². The van der Waals surface area contributed by atoms with Crippen molar-refractivity contribution in [1.29, 1.82) is 0 Å². The molecule has 1 aliphatic heterocycles. The molecule has 2 aliphatic rings. The molecule has 1 saturated heterocycles. The van der Waals surface area contributed by atoms with Crippen molar-refractivity contribution in [2.75, 3.05) is 0 Å². The van der Waals surface area contributed by atoms with Crippen LogP contribution in [0.1, 0.15) is 19.8 Å². The van der Waals surface area contributed by atoms with E-state index >= 15 is 0 Å². The zero-order chi connectivity index (χ0) is 15.0. The molecule has 0 saturated carbocycles. The number of aliphatic carboxylic acids is 2. The SMILES string of the molecule is CC1=CC(C2CC(O)OC2O)CC(C(=O)O)C1C(=O)O. The number of carboxylic acid groups (broad SMARTS) is 2. The first-order chi connectivity index (χ1) is 9.31. The second-order valence-corrected chi connectivity index (χ2v) is 5.45. The van der Waals surface area contributed by atoms with E-state index in [1.807, 2.05) is 0 Å². The smallest absolute Gasteiger partial charge is 0.311 e. The van der Waals surface area contributed by atoms with E-state index < -0.39 is 42.3 Å². The summed E-state index contributed by atoms with van der Waals surface area (Å²) in [5, 5.41) is 37.5. The molecule has 0 radical (unpaired) electrons. The minimum Gasteiger partial charge on any atom is -0.481 e. The molecule has 0 aromatic carbocycles. The van der Waals surface area contributed by atoms with Crippen molar-refractivity contribution in [2.24, 2.45) is 23.7 Å². The third-order valence-corrected chi connectivity index (χ3v) is 4.17. The lowest BCUT2D eigenvalue weighted by Crippen LogP contribution is -2.38. The average molecular weight is 286 g/mol. The molecule has 1 aliphatic carbocycles. The van der Waals surface area contributed by atoms with Crippen molar-refractivity contribution in [1.82, 2.24) is 0 Å². The highest BCUT2D eigenvalue weighted by Gasteiger charge is 2.45. The maximum atomic E-state index is 11.3.